The summed E-state index contributed by atoms with van der Waals surface area (Å²) in [5.74, 6) is 0.432. The molecule has 0 saturated heterocycles. The Balaban J connectivity index is 2.08. The molecule has 2 rings (SSSR count). The summed E-state index contributed by atoms with van der Waals surface area (Å²) < 4.78 is 0. The van der Waals surface area contributed by atoms with E-state index in [2.05, 4.69) is 10.3 Å². The van der Waals surface area contributed by atoms with E-state index in [1.807, 2.05) is 6.92 Å². The van der Waals surface area contributed by atoms with Crippen molar-refractivity contribution in [3.63, 3.8) is 0 Å². The summed E-state index contributed by atoms with van der Waals surface area (Å²) in [6, 6.07) is 3.49. The molecule has 0 unspecified atom stereocenters. The van der Waals surface area contributed by atoms with Gasteiger partial charge in [0.25, 0.3) is 5.91 Å². The number of hydrogen-bond donors (Lipinski definition) is 1. The number of hydrogen-bond acceptors (Lipinski definition) is 2. The third-order valence-electron chi connectivity index (χ3n) is 2.65. The van der Waals surface area contributed by atoms with Gasteiger partial charge in [-0.2, -0.15) is 0 Å². The van der Waals surface area contributed by atoms with Crippen LogP contribution in [0.4, 0.5) is 0 Å². The summed E-state index contributed by atoms with van der Waals surface area (Å²) in [7, 11) is 0. The number of alkyl halides is 1. The normalized spacial score (nSPS) is 17.2. The highest BCUT2D eigenvalue weighted by molar-refractivity contribution is 6.19. The molecule has 1 amide bonds. The van der Waals surface area contributed by atoms with E-state index < -0.39 is 0 Å². The van der Waals surface area contributed by atoms with Gasteiger partial charge in [0.1, 0.15) is 0 Å². The van der Waals surface area contributed by atoms with Gasteiger partial charge in [-0.05, 0) is 31.9 Å². The molecule has 0 aliphatic heterocycles. The summed E-state index contributed by atoms with van der Waals surface area (Å²) in [6.45, 7) is 1.87. The van der Waals surface area contributed by atoms with Gasteiger partial charge in [0.2, 0.25) is 0 Å². The van der Waals surface area contributed by atoms with Crippen LogP contribution in [0, 0.1) is 6.92 Å². The van der Waals surface area contributed by atoms with E-state index in [1.165, 1.54) is 0 Å². The van der Waals surface area contributed by atoms with E-state index in [0.717, 1.165) is 18.5 Å². The predicted octanol–water partition coefficient (Wildman–Crippen LogP) is 1.89. The molecule has 1 aliphatic rings. The molecule has 1 saturated carbocycles. The zero-order chi connectivity index (χ0) is 10.9. The van der Waals surface area contributed by atoms with E-state index in [-0.39, 0.29) is 11.4 Å². The van der Waals surface area contributed by atoms with E-state index >= 15 is 0 Å². The Kier molecular flexibility index (Phi) is 2.65. The molecule has 15 heavy (non-hydrogen) atoms. The number of nitrogens with one attached hydrogen (secondary N) is 1. The lowest BCUT2D eigenvalue weighted by Gasteiger charge is -2.13. The average Bonchev–Trinajstić information content (AvgIpc) is 2.98. The molecule has 80 valence electrons. The molecule has 4 heteroatoms. The van der Waals surface area contributed by atoms with Crippen molar-refractivity contribution >= 4 is 17.5 Å². The maximum absolute atomic E-state index is 11.8. The minimum Gasteiger partial charge on any atom is -0.345 e. The number of amides is 1. The van der Waals surface area contributed by atoms with Crippen molar-refractivity contribution in [1.82, 2.24) is 10.3 Å². The average molecular weight is 225 g/mol. The number of carbonyl (C=O) groups excluding carboxylic acids is 1. The third kappa shape index (κ3) is 2.29. The fourth-order valence-corrected chi connectivity index (χ4v) is 1.78. The van der Waals surface area contributed by atoms with Gasteiger partial charge in [0.05, 0.1) is 5.54 Å². The van der Waals surface area contributed by atoms with Gasteiger partial charge in [-0.3, -0.25) is 9.78 Å². The van der Waals surface area contributed by atoms with Crippen LogP contribution in [0.5, 0.6) is 0 Å². The quantitative estimate of drug-likeness (QED) is 0.797. The van der Waals surface area contributed by atoms with Crippen LogP contribution >= 0.6 is 11.6 Å². The van der Waals surface area contributed by atoms with Crippen LogP contribution in [0.3, 0.4) is 0 Å². The van der Waals surface area contributed by atoms with Gasteiger partial charge in [-0.15, -0.1) is 11.6 Å². The van der Waals surface area contributed by atoms with E-state index in [4.69, 9.17) is 11.6 Å². The Hall–Kier alpha value is -1.09. The van der Waals surface area contributed by atoms with Crippen molar-refractivity contribution in [2.45, 2.75) is 25.3 Å². The highest BCUT2D eigenvalue weighted by atomic mass is 35.5. The second-order valence-corrected chi connectivity index (χ2v) is 4.32. The smallest absolute Gasteiger partial charge is 0.251 e. The molecule has 1 fully saturated rings. The van der Waals surface area contributed by atoms with Gasteiger partial charge in [-0.25, -0.2) is 0 Å². The zero-order valence-electron chi connectivity index (χ0n) is 8.59. The first kappa shape index (κ1) is 10.4. The number of nitrogens with zero attached hydrogens (tertiary/aromatic N) is 1. The van der Waals surface area contributed by atoms with E-state index in [0.29, 0.717) is 11.4 Å². The van der Waals surface area contributed by atoms with Crippen molar-refractivity contribution in [2.24, 2.45) is 0 Å². The topological polar surface area (TPSA) is 42.0 Å². The minimum atomic E-state index is -0.143. The van der Waals surface area contributed by atoms with Crippen LogP contribution in [0.15, 0.2) is 18.3 Å². The molecule has 1 aromatic rings. The number of rotatable bonds is 3. The van der Waals surface area contributed by atoms with Crippen molar-refractivity contribution in [3.05, 3.63) is 29.6 Å². The summed E-state index contributed by atoms with van der Waals surface area (Å²) in [5.41, 5.74) is 1.35. The maximum atomic E-state index is 11.8. The monoisotopic (exact) mass is 224 g/mol. The van der Waals surface area contributed by atoms with Crippen molar-refractivity contribution in [3.8, 4) is 0 Å². The molecular formula is C11H13ClN2O. The molecule has 0 radical (unpaired) electrons. The fourth-order valence-electron chi connectivity index (χ4n) is 1.44. The summed E-state index contributed by atoms with van der Waals surface area (Å²) in [4.78, 5) is 15.9. The first-order valence-corrected chi connectivity index (χ1v) is 5.50. The lowest BCUT2D eigenvalue weighted by atomic mass is 10.2. The van der Waals surface area contributed by atoms with Crippen molar-refractivity contribution < 1.29 is 4.79 Å². The molecule has 0 atom stereocenters. The molecule has 0 aromatic carbocycles. The zero-order valence-corrected chi connectivity index (χ0v) is 9.34. The van der Waals surface area contributed by atoms with E-state index in [9.17, 15) is 4.79 Å². The number of halogens is 1. The van der Waals surface area contributed by atoms with Crippen molar-refractivity contribution in [1.29, 1.82) is 0 Å². The van der Waals surface area contributed by atoms with Gasteiger partial charge in [0.15, 0.2) is 0 Å². The van der Waals surface area contributed by atoms with Gasteiger partial charge >= 0.3 is 0 Å². The summed E-state index contributed by atoms with van der Waals surface area (Å²) in [6.07, 6.45) is 3.60. The second kappa shape index (κ2) is 3.81. The SMILES string of the molecule is Cc1cc(C(=O)NC2(CCl)CC2)ccn1. The molecule has 3 nitrogen and oxygen atoms in total. The number of aromatic nitrogens is 1. The van der Waals surface area contributed by atoms with Crippen LogP contribution in [-0.4, -0.2) is 22.3 Å². The Morgan fingerprint density at radius 3 is 2.93 bits per heavy atom. The van der Waals surface area contributed by atoms with Crippen molar-refractivity contribution in [2.75, 3.05) is 5.88 Å². The molecule has 1 aliphatic carbocycles. The molecule has 1 heterocycles. The number of pyridine rings is 1. The Morgan fingerprint density at radius 2 is 2.40 bits per heavy atom. The highest BCUT2D eigenvalue weighted by Gasteiger charge is 2.43. The molecule has 1 aromatic heterocycles. The Bertz CT molecular complexity index is 388. The fraction of sp³-hybridized carbons (Fsp3) is 0.455. The second-order valence-electron chi connectivity index (χ2n) is 4.05. The molecule has 0 bridgehead atoms. The first-order valence-electron chi connectivity index (χ1n) is 4.96. The third-order valence-corrected chi connectivity index (χ3v) is 3.16. The van der Waals surface area contributed by atoms with Crippen LogP contribution in [0.25, 0.3) is 0 Å². The summed E-state index contributed by atoms with van der Waals surface area (Å²) in [5, 5.41) is 2.96. The lowest BCUT2D eigenvalue weighted by molar-refractivity contribution is 0.0936. The lowest BCUT2D eigenvalue weighted by Crippen LogP contribution is -2.38. The largest absolute Gasteiger partial charge is 0.345 e. The van der Waals surface area contributed by atoms with Crippen LogP contribution in [0.2, 0.25) is 0 Å². The predicted molar refractivity (Wildman–Crippen MR) is 59.1 cm³/mol. The Labute approximate surface area is 93.8 Å². The highest BCUT2D eigenvalue weighted by Crippen LogP contribution is 2.36. The van der Waals surface area contributed by atoms with Gasteiger partial charge in [-0.1, -0.05) is 0 Å². The molecule has 0 spiro atoms. The van der Waals surface area contributed by atoms with Crippen LogP contribution in [-0.2, 0) is 0 Å². The first-order chi connectivity index (χ1) is 7.15. The Morgan fingerprint density at radius 1 is 1.67 bits per heavy atom. The minimum absolute atomic E-state index is 0.0568. The summed E-state index contributed by atoms with van der Waals surface area (Å²) >= 11 is 5.79. The maximum Gasteiger partial charge on any atom is 0.251 e. The van der Waals surface area contributed by atoms with Gasteiger partial charge < -0.3 is 5.32 Å². The number of aryl methyl sites for hydroxylation is 1. The standard InChI is InChI=1S/C11H13ClN2O/c1-8-6-9(2-5-13-8)10(15)14-11(7-12)3-4-11/h2,5-6H,3-4,7H2,1H3,(H,14,15). The van der Waals surface area contributed by atoms with Gasteiger partial charge in [0, 0.05) is 23.3 Å². The van der Waals surface area contributed by atoms with Crippen LogP contribution < -0.4 is 5.32 Å². The van der Waals surface area contributed by atoms with Crippen LogP contribution in [0.1, 0.15) is 28.9 Å². The number of carbonyl (C=O) groups is 1. The molecule has 1 N–H and O–H groups in total. The van der Waals surface area contributed by atoms with E-state index in [1.54, 1.807) is 18.3 Å². The molecular weight excluding hydrogens is 212 g/mol.